The lowest BCUT2D eigenvalue weighted by molar-refractivity contribution is -0.116. The molecule has 116 valence electrons. The molecule has 2 aromatic carbocycles. The molecule has 0 aliphatic rings. The highest BCUT2D eigenvalue weighted by Gasteiger charge is 2.13. The van der Waals surface area contributed by atoms with Crippen LogP contribution in [0.3, 0.4) is 0 Å². The topological polar surface area (TPSA) is 62.0 Å². The molecule has 1 heterocycles. The number of amides is 1. The third-order valence-corrected chi connectivity index (χ3v) is 3.83. The number of H-pyrrole nitrogens is 1. The number of Topliss-reactive ketones (excluding diaryl/α,β-unsaturated/α-hetero) is 1. The molecule has 0 bridgehead atoms. The molecule has 0 unspecified atom stereocenters. The summed E-state index contributed by atoms with van der Waals surface area (Å²) < 4.78 is 0. The summed E-state index contributed by atoms with van der Waals surface area (Å²) in [5, 5.41) is 3.84. The first-order chi connectivity index (χ1) is 11.0. The van der Waals surface area contributed by atoms with Crippen LogP contribution in [0.4, 0.5) is 5.69 Å². The number of para-hydroxylation sites is 1. The molecule has 3 rings (SSSR count). The molecular weight excluding hydrogens is 288 g/mol. The normalized spacial score (nSPS) is 10.7. The zero-order valence-corrected chi connectivity index (χ0v) is 13.1. The fourth-order valence-corrected chi connectivity index (χ4v) is 2.71. The number of anilines is 1. The predicted molar refractivity (Wildman–Crippen MR) is 91.8 cm³/mol. The Hall–Kier alpha value is -2.88. The van der Waals surface area contributed by atoms with E-state index in [0.29, 0.717) is 12.0 Å². The van der Waals surface area contributed by atoms with E-state index in [2.05, 4.69) is 10.3 Å². The highest BCUT2D eigenvalue weighted by Crippen LogP contribution is 2.21. The summed E-state index contributed by atoms with van der Waals surface area (Å²) >= 11 is 0. The number of ketones is 1. The van der Waals surface area contributed by atoms with Crippen molar-refractivity contribution in [2.45, 2.75) is 20.3 Å². The molecule has 0 aliphatic carbocycles. The number of nitrogens with one attached hydrogen (secondary N) is 2. The van der Waals surface area contributed by atoms with Gasteiger partial charge in [-0.25, -0.2) is 0 Å². The molecule has 4 nitrogen and oxygen atoms in total. The van der Waals surface area contributed by atoms with E-state index in [9.17, 15) is 9.59 Å². The number of carbonyl (C=O) groups is 2. The minimum atomic E-state index is -0.148. The third kappa shape index (κ3) is 3.16. The summed E-state index contributed by atoms with van der Waals surface area (Å²) in [4.78, 5) is 26.8. The second kappa shape index (κ2) is 6.08. The van der Waals surface area contributed by atoms with E-state index in [1.807, 2.05) is 49.4 Å². The van der Waals surface area contributed by atoms with Crippen molar-refractivity contribution >= 4 is 28.3 Å². The SMILES string of the molecule is CC(=O)Cc1ccc(NC(=O)c2c[nH]c3ccccc23)c(C)c1. The molecule has 0 fully saturated rings. The molecule has 2 N–H and O–H groups in total. The van der Waals surface area contributed by atoms with Crippen LogP contribution in [0, 0.1) is 6.92 Å². The number of aryl methyl sites for hydroxylation is 1. The number of hydrogen-bond donors (Lipinski definition) is 2. The van der Waals surface area contributed by atoms with Crippen LogP contribution in [-0.2, 0) is 11.2 Å². The molecule has 23 heavy (non-hydrogen) atoms. The van der Waals surface area contributed by atoms with Crippen molar-refractivity contribution in [3.8, 4) is 0 Å². The number of rotatable bonds is 4. The van der Waals surface area contributed by atoms with Gasteiger partial charge in [0.2, 0.25) is 0 Å². The highest BCUT2D eigenvalue weighted by atomic mass is 16.1. The first-order valence-corrected chi connectivity index (χ1v) is 7.51. The molecule has 1 aromatic heterocycles. The number of aromatic amines is 1. The summed E-state index contributed by atoms with van der Waals surface area (Å²) in [5.74, 6) is -0.0233. The monoisotopic (exact) mass is 306 g/mol. The summed E-state index contributed by atoms with van der Waals surface area (Å²) in [6, 6.07) is 13.4. The molecule has 0 radical (unpaired) electrons. The van der Waals surface area contributed by atoms with Gasteiger partial charge in [0.1, 0.15) is 5.78 Å². The Balaban J connectivity index is 1.84. The molecule has 0 atom stereocenters. The highest BCUT2D eigenvalue weighted by molar-refractivity contribution is 6.13. The quantitative estimate of drug-likeness (QED) is 0.769. The number of benzene rings is 2. The van der Waals surface area contributed by atoms with Crippen molar-refractivity contribution in [2.75, 3.05) is 5.32 Å². The third-order valence-electron chi connectivity index (χ3n) is 3.83. The van der Waals surface area contributed by atoms with Crippen LogP contribution in [0.1, 0.15) is 28.4 Å². The van der Waals surface area contributed by atoms with Crippen molar-refractivity contribution in [2.24, 2.45) is 0 Å². The van der Waals surface area contributed by atoms with Gasteiger partial charge >= 0.3 is 0 Å². The Morgan fingerprint density at radius 1 is 1.13 bits per heavy atom. The minimum absolute atomic E-state index is 0.125. The minimum Gasteiger partial charge on any atom is -0.360 e. The Kier molecular flexibility index (Phi) is 3.98. The average molecular weight is 306 g/mol. The van der Waals surface area contributed by atoms with Crippen LogP contribution < -0.4 is 5.32 Å². The fourth-order valence-electron chi connectivity index (χ4n) is 2.71. The molecule has 0 aliphatic heterocycles. The molecule has 4 heteroatoms. The van der Waals surface area contributed by atoms with E-state index < -0.39 is 0 Å². The number of aromatic nitrogens is 1. The fraction of sp³-hybridized carbons (Fsp3) is 0.158. The van der Waals surface area contributed by atoms with Crippen molar-refractivity contribution in [3.05, 3.63) is 65.4 Å². The van der Waals surface area contributed by atoms with Crippen molar-refractivity contribution in [1.29, 1.82) is 0 Å². The first kappa shape index (κ1) is 15.0. The average Bonchev–Trinajstić information content (AvgIpc) is 2.93. The van der Waals surface area contributed by atoms with Gasteiger partial charge in [0.15, 0.2) is 0 Å². The van der Waals surface area contributed by atoms with Crippen LogP contribution in [0.15, 0.2) is 48.7 Å². The van der Waals surface area contributed by atoms with Crippen LogP contribution in [-0.4, -0.2) is 16.7 Å². The van der Waals surface area contributed by atoms with Crippen LogP contribution in [0.25, 0.3) is 10.9 Å². The zero-order chi connectivity index (χ0) is 16.4. The van der Waals surface area contributed by atoms with Gasteiger partial charge in [-0.15, -0.1) is 0 Å². The largest absolute Gasteiger partial charge is 0.360 e. The summed E-state index contributed by atoms with van der Waals surface area (Å²) in [6.45, 7) is 3.50. The van der Waals surface area contributed by atoms with Crippen molar-refractivity contribution in [1.82, 2.24) is 4.98 Å². The van der Waals surface area contributed by atoms with E-state index in [-0.39, 0.29) is 11.7 Å². The van der Waals surface area contributed by atoms with E-state index in [4.69, 9.17) is 0 Å². The standard InChI is InChI=1S/C19H18N2O2/c1-12-9-14(10-13(2)22)7-8-17(12)21-19(23)16-11-20-18-6-4-3-5-15(16)18/h3-9,11,20H,10H2,1-2H3,(H,21,23). The van der Waals surface area contributed by atoms with E-state index in [1.54, 1.807) is 13.1 Å². The lowest BCUT2D eigenvalue weighted by Crippen LogP contribution is -2.12. The van der Waals surface area contributed by atoms with Gasteiger partial charge in [0.05, 0.1) is 5.56 Å². The Morgan fingerprint density at radius 3 is 2.65 bits per heavy atom. The second-order valence-electron chi connectivity index (χ2n) is 5.73. The van der Waals surface area contributed by atoms with Gasteiger partial charge < -0.3 is 10.3 Å². The smallest absolute Gasteiger partial charge is 0.257 e. The summed E-state index contributed by atoms with van der Waals surface area (Å²) in [6.07, 6.45) is 2.14. The first-order valence-electron chi connectivity index (χ1n) is 7.51. The van der Waals surface area contributed by atoms with Crippen LogP contribution >= 0.6 is 0 Å². The molecular formula is C19H18N2O2. The zero-order valence-electron chi connectivity index (χ0n) is 13.1. The summed E-state index contributed by atoms with van der Waals surface area (Å²) in [5.41, 5.74) is 4.21. The predicted octanol–water partition coefficient (Wildman–Crippen LogP) is 3.86. The van der Waals surface area contributed by atoms with Gasteiger partial charge in [-0.05, 0) is 37.1 Å². The lowest BCUT2D eigenvalue weighted by atomic mass is 10.0. The molecule has 0 saturated carbocycles. The number of hydrogen-bond acceptors (Lipinski definition) is 2. The molecule has 3 aromatic rings. The maximum absolute atomic E-state index is 12.5. The van der Waals surface area contributed by atoms with Gasteiger partial charge in [-0.1, -0.05) is 30.3 Å². The van der Waals surface area contributed by atoms with E-state index in [0.717, 1.165) is 27.7 Å². The Bertz CT molecular complexity index is 893. The summed E-state index contributed by atoms with van der Waals surface area (Å²) in [7, 11) is 0. The van der Waals surface area contributed by atoms with E-state index >= 15 is 0 Å². The molecule has 1 amide bonds. The second-order valence-corrected chi connectivity index (χ2v) is 5.73. The van der Waals surface area contributed by atoms with Gasteiger partial charge in [-0.2, -0.15) is 0 Å². The van der Waals surface area contributed by atoms with Crippen molar-refractivity contribution in [3.63, 3.8) is 0 Å². The Morgan fingerprint density at radius 2 is 1.91 bits per heavy atom. The van der Waals surface area contributed by atoms with Crippen LogP contribution in [0.2, 0.25) is 0 Å². The van der Waals surface area contributed by atoms with E-state index in [1.165, 1.54) is 0 Å². The van der Waals surface area contributed by atoms with Crippen LogP contribution in [0.5, 0.6) is 0 Å². The van der Waals surface area contributed by atoms with Crippen molar-refractivity contribution < 1.29 is 9.59 Å². The Labute approximate surface area is 134 Å². The molecule has 0 saturated heterocycles. The van der Waals surface area contributed by atoms with Gasteiger partial charge in [0.25, 0.3) is 5.91 Å². The lowest BCUT2D eigenvalue weighted by Gasteiger charge is -2.09. The maximum Gasteiger partial charge on any atom is 0.257 e. The number of carbonyl (C=O) groups excluding carboxylic acids is 2. The number of fused-ring (bicyclic) bond motifs is 1. The molecule has 0 spiro atoms. The van der Waals surface area contributed by atoms with Gasteiger partial charge in [0, 0.05) is 29.2 Å². The maximum atomic E-state index is 12.5. The van der Waals surface area contributed by atoms with Gasteiger partial charge in [-0.3, -0.25) is 9.59 Å².